The number of hydrogen-bond acceptors (Lipinski definition) is 1. The van der Waals surface area contributed by atoms with E-state index in [4.69, 9.17) is 0 Å². The van der Waals surface area contributed by atoms with E-state index < -0.39 is 0 Å². The number of nitrogens with one attached hydrogen (secondary N) is 1. The average molecular weight is 390 g/mol. The zero-order valence-corrected chi connectivity index (χ0v) is 17.7. The van der Waals surface area contributed by atoms with E-state index in [-0.39, 0.29) is 5.41 Å². The number of carbonyl (C=O) groups excluding carboxylic acids is 1. The van der Waals surface area contributed by atoms with Gasteiger partial charge in [0.25, 0.3) is 0 Å². The van der Waals surface area contributed by atoms with Crippen LogP contribution in [0, 0.1) is 40.9 Å². The minimum absolute atomic E-state index is 0.0483. The summed E-state index contributed by atoms with van der Waals surface area (Å²) in [7, 11) is 0. The molecule has 1 amide bonds. The molecule has 8 saturated carbocycles. The van der Waals surface area contributed by atoms with Gasteiger partial charge >= 0.3 is 0 Å². The molecular formula is C27H35NO. The first kappa shape index (κ1) is 17.4. The van der Waals surface area contributed by atoms with Gasteiger partial charge in [0.2, 0.25) is 5.91 Å². The Balaban J connectivity index is 1.10. The van der Waals surface area contributed by atoms with Crippen LogP contribution in [0.3, 0.4) is 0 Å². The van der Waals surface area contributed by atoms with Crippen LogP contribution >= 0.6 is 0 Å². The average Bonchev–Trinajstić information content (AvgIpc) is 2.66. The van der Waals surface area contributed by atoms with Gasteiger partial charge in [-0.05, 0) is 136 Å². The minimum atomic E-state index is -0.0483. The highest BCUT2D eigenvalue weighted by Gasteiger charge is 2.55. The van der Waals surface area contributed by atoms with E-state index in [1.807, 2.05) is 0 Å². The fraction of sp³-hybridized carbons (Fsp3) is 0.741. The molecule has 0 radical (unpaired) electrons. The van der Waals surface area contributed by atoms with Crippen molar-refractivity contribution in [2.45, 2.75) is 82.5 Å². The molecule has 2 heteroatoms. The second-order valence-corrected chi connectivity index (χ2v) is 12.4. The normalized spacial score (nSPS) is 48.8. The van der Waals surface area contributed by atoms with Crippen LogP contribution in [0.5, 0.6) is 0 Å². The largest absolute Gasteiger partial charge is 0.326 e. The Kier molecular flexibility index (Phi) is 3.53. The summed E-state index contributed by atoms with van der Waals surface area (Å²) in [5, 5.41) is 3.36. The SMILES string of the molecule is O=C(Nc1ccc(C23CC4CC(CC(C4)C2)C3)cc1)C12CC3CC(CC(C3)C1)C2. The third-order valence-electron chi connectivity index (χ3n) is 10.3. The number of hydrogen-bond donors (Lipinski definition) is 1. The molecule has 0 aliphatic heterocycles. The second-order valence-electron chi connectivity index (χ2n) is 12.4. The smallest absolute Gasteiger partial charge is 0.230 e. The van der Waals surface area contributed by atoms with Gasteiger partial charge in [-0.1, -0.05) is 12.1 Å². The van der Waals surface area contributed by atoms with E-state index in [1.165, 1.54) is 57.8 Å². The van der Waals surface area contributed by atoms with Crippen molar-refractivity contribution in [2.75, 3.05) is 5.32 Å². The zero-order chi connectivity index (χ0) is 19.2. The number of benzene rings is 1. The minimum Gasteiger partial charge on any atom is -0.326 e. The molecule has 0 heterocycles. The van der Waals surface area contributed by atoms with Gasteiger partial charge in [0.05, 0.1) is 5.41 Å². The van der Waals surface area contributed by atoms with E-state index in [9.17, 15) is 4.79 Å². The molecule has 0 saturated heterocycles. The summed E-state index contributed by atoms with van der Waals surface area (Å²) in [4.78, 5) is 13.4. The van der Waals surface area contributed by atoms with E-state index in [2.05, 4.69) is 29.6 Å². The molecule has 2 nitrogen and oxygen atoms in total. The highest BCUT2D eigenvalue weighted by Crippen LogP contribution is 2.61. The molecule has 8 bridgehead atoms. The van der Waals surface area contributed by atoms with Crippen molar-refractivity contribution in [1.82, 2.24) is 0 Å². The standard InChI is InChI=1S/C27H35NO/c29-25(27-14-20-8-21(15-27)10-22(9-20)16-27)28-24-3-1-23(2-4-24)26-11-17-5-18(12-26)7-19(6-17)13-26/h1-4,17-22H,5-16H2,(H,28,29). The second kappa shape index (κ2) is 5.89. The summed E-state index contributed by atoms with van der Waals surface area (Å²) < 4.78 is 0. The lowest BCUT2D eigenvalue weighted by Crippen LogP contribution is -2.51. The van der Waals surface area contributed by atoms with Gasteiger partial charge < -0.3 is 5.32 Å². The summed E-state index contributed by atoms with van der Waals surface area (Å²) in [6, 6.07) is 9.16. The lowest BCUT2D eigenvalue weighted by Gasteiger charge is -2.57. The van der Waals surface area contributed by atoms with Crippen LogP contribution in [0.1, 0.15) is 82.6 Å². The van der Waals surface area contributed by atoms with E-state index in [0.29, 0.717) is 11.3 Å². The van der Waals surface area contributed by atoms with Crippen molar-refractivity contribution in [3.8, 4) is 0 Å². The Hall–Kier alpha value is -1.31. The van der Waals surface area contributed by atoms with Gasteiger partial charge in [-0.15, -0.1) is 0 Å². The maximum Gasteiger partial charge on any atom is 0.230 e. The van der Waals surface area contributed by atoms with Crippen molar-refractivity contribution in [3.05, 3.63) is 29.8 Å². The van der Waals surface area contributed by atoms with Crippen LogP contribution < -0.4 is 5.32 Å². The molecule has 8 aliphatic rings. The predicted octanol–water partition coefficient (Wildman–Crippen LogP) is 6.31. The number of rotatable bonds is 3. The number of anilines is 1. The Morgan fingerprint density at radius 2 is 1.07 bits per heavy atom. The highest BCUT2D eigenvalue weighted by atomic mass is 16.2. The summed E-state index contributed by atoms with van der Waals surface area (Å²) in [5.74, 6) is 5.76. The van der Waals surface area contributed by atoms with E-state index >= 15 is 0 Å². The third-order valence-corrected chi connectivity index (χ3v) is 10.3. The Labute approximate surface area is 175 Å². The van der Waals surface area contributed by atoms with E-state index in [1.54, 1.807) is 5.56 Å². The first-order chi connectivity index (χ1) is 14.1. The first-order valence-electron chi connectivity index (χ1n) is 12.5. The molecule has 0 spiro atoms. The van der Waals surface area contributed by atoms with E-state index in [0.717, 1.165) is 60.5 Å². The summed E-state index contributed by atoms with van der Waals surface area (Å²) in [5.41, 5.74) is 2.99. The van der Waals surface area contributed by atoms with Crippen molar-refractivity contribution < 1.29 is 4.79 Å². The quantitative estimate of drug-likeness (QED) is 0.645. The van der Waals surface area contributed by atoms with Gasteiger partial charge in [0, 0.05) is 5.69 Å². The van der Waals surface area contributed by atoms with Gasteiger partial charge in [0.1, 0.15) is 0 Å². The van der Waals surface area contributed by atoms with Crippen LogP contribution in [0.25, 0.3) is 0 Å². The molecule has 0 atom stereocenters. The molecule has 154 valence electrons. The van der Waals surface area contributed by atoms with Crippen molar-refractivity contribution >= 4 is 11.6 Å². The molecular weight excluding hydrogens is 354 g/mol. The maximum atomic E-state index is 13.4. The van der Waals surface area contributed by atoms with Gasteiger partial charge in [0.15, 0.2) is 0 Å². The summed E-state index contributed by atoms with van der Waals surface area (Å²) in [6.07, 6.45) is 16.4. The Morgan fingerprint density at radius 3 is 1.52 bits per heavy atom. The molecule has 29 heavy (non-hydrogen) atoms. The Morgan fingerprint density at radius 1 is 0.655 bits per heavy atom. The highest BCUT2D eigenvalue weighted by molar-refractivity contribution is 5.95. The summed E-state index contributed by atoms with van der Waals surface area (Å²) in [6.45, 7) is 0. The third kappa shape index (κ3) is 2.63. The number of carbonyl (C=O) groups is 1. The molecule has 9 rings (SSSR count). The van der Waals surface area contributed by atoms with Gasteiger partial charge in [-0.25, -0.2) is 0 Å². The summed E-state index contributed by atoms with van der Waals surface area (Å²) >= 11 is 0. The lowest BCUT2D eigenvalue weighted by molar-refractivity contribution is -0.140. The van der Waals surface area contributed by atoms with Crippen LogP contribution in [-0.2, 0) is 10.2 Å². The van der Waals surface area contributed by atoms with Crippen molar-refractivity contribution in [1.29, 1.82) is 0 Å². The Bertz CT molecular complexity index is 766. The number of amides is 1. The molecule has 1 aromatic rings. The van der Waals surface area contributed by atoms with Crippen LogP contribution in [0.15, 0.2) is 24.3 Å². The topological polar surface area (TPSA) is 29.1 Å². The van der Waals surface area contributed by atoms with Crippen LogP contribution in [-0.4, -0.2) is 5.91 Å². The van der Waals surface area contributed by atoms with Crippen LogP contribution in [0.2, 0.25) is 0 Å². The fourth-order valence-corrected chi connectivity index (χ4v) is 10.0. The fourth-order valence-electron chi connectivity index (χ4n) is 10.0. The first-order valence-corrected chi connectivity index (χ1v) is 12.5. The van der Waals surface area contributed by atoms with Crippen LogP contribution in [0.4, 0.5) is 5.69 Å². The molecule has 8 fully saturated rings. The van der Waals surface area contributed by atoms with Gasteiger partial charge in [-0.2, -0.15) is 0 Å². The lowest BCUT2D eigenvalue weighted by atomic mass is 9.48. The molecule has 0 aromatic heterocycles. The molecule has 8 aliphatic carbocycles. The van der Waals surface area contributed by atoms with Gasteiger partial charge in [-0.3, -0.25) is 4.79 Å². The molecule has 1 aromatic carbocycles. The zero-order valence-electron chi connectivity index (χ0n) is 17.7. The predicted molar refractivity (Wildman–Crippen MR) is 116 cm³/mol. The molecule has 1 N–H and O–H groups in total. The maximum absolute atomic E-state index is 13.4. The monoisotopic (exact) mass is 389 g/mol. The molecule has 0 unspecified atom stereocenters. The van der Waals surface area contributed by atoms with Crippen molar-refractivity contribution in [3.63, 3.8) is 0 Å². The van der Waals surface area contributed by atoms with Crippen molar-refractivity contribution in [2.24, 2.45) is 40.9 Å².